The van der Waals surface area contributed by atoms with Gasteiger partial charge in [0.1, 0.15) is 24.2 Å². The van der Waals surface area contributed by atoms with Crippen molar-refractivity contribution in [2.24, 2.45) is 0 Å². The first-order valence-electron chi connectivity index (χ1n) is 9.35. The standard InChI is InChI=1S/C20H29N3O6S/c1-20(2,3)29-19(27)21-11-16(24)22-15(12-30)17(25)23-14(18(26)28-4)10-13-8-6-5-7-9-13/h5-9,14-15,30H,10-12H2,1-4H3,(H,21,27)(H,22,24)(H,23,25)/t14-,15-/m0/s1. The van der Waals surface area contributed by atoms with E-state index in [0.717, 1.165) is 5.56 Å². The van der Waals surface area contributed by atoms with Gasteiger partial charge in [-0.25, -0.2) is 9.59 Å². The van der Waals surface area contributed by atoms with Crippen molar-refractivity contribution in [3.05, 3.63) is 35.9 Å². The fourth-order valence-electron chi connectivity index (χ4n) is 2.36. The van der Waals surface area contributed by atoms with Crippen molar-refractivity contribution in [1.29, 1.82) is 0 Å². The summed E-state index contributed by atoms with van der Waals surface area (Å²) in [5, 5.41) is 7.34. The second kappa shape index (κ2) is 12.1. The van der Waals surface area contributed by atoms with Crippen LogP contribution < -0.4 is 16.0 Å². The summed E-state index contributed by atoms with van der Waals surface area (Å²) in [7, 11) is 1.23. The van der Waals surface area contributed by atoms with Gasteiger partial charge < -0.3 is 25.4 Å². The molecule has 0 unspecified atom stereocenters. The summed E-state index contributed by atoms with van der Waals surface area (Å²) in [4.78, 5) is 48.3. The molecule has 0 saturated carbocycles. The van der Waals surface area contributed by atoms with Gasteiger partial charge in [-0.2, -0.15) is 12.6 Å². The Hall–Kier alpha value is -2.75. The minimum Gasteiger partial charge on any atom is -0.467 e. The molecule has 1 aromatic rings. The summed E-state index contributed by atoms with van der Waals surface area (Å²) in [6.45, 7) is 4.71. The zero-order chi connectivity index (χ0) is 22.7. The normalized spacial score (nSPS) is 12.8. The molecule has 2 atom stereocenters. The summed E-state index contributed by atoms with van der Waals surface area (Å²) in [6, 6.07) is 7.19. The molecule has 0 bridgehead atoms. The van der Waals surface area contributed by atoms with Gasteiger partial charge in [0.15, 0.2) is 0 Å². The Labute approximate surface area is 181 Å². The van der Waals surface area contributed by atoms with Gasteiger partial charge in [0.2, 0.25) is 11.8 Å². The molecule has 0 heterocycles. The van der Waals surface area contributed by atoms with Crippen molar-refractivity contribution < 1.29 is 28.7 Å². The van der Waals surface area contributed by atoms with Crippen LogP contribution in [0.25, 0.3) is 0 Å². The largest absolute Gasteiger partial charge is 0.467 e. The van der Waals surface area contributed by atoms with Gasteiger partial charge >= 0.3 is 12.1 Å². The van der Waals surface area contributed by atoms with Crippen LogP contribution in [0.15, 0.2) is 30.3 Å². The second-order valence-electron chi connectivity index (χ2n) is 7.43. The highest BCUT2D eigenvalue weighted by Crippen LogP contribution is 2.07. The molecule has 0 radical (unpaired) electrons. The minimum absolute atomic E-state index is 0.0107. The van der Waals surface area contributed by atoms with Crippen LogP contribution in [0.4, 0.5) is 4.79 Å². The Kier molecular flexibility index (Phi) is 10.2. The second-order valence-corrected chi connectivity index (χ2v) is 7.80. The number of nitrogens with one attached hydrogen (secondary N) is 3. The van der Waals surface area contributed by atoms with E-state index < -0.39 is 41.6 Å². The van der Waals surface area contributed by atoms with E-state index in [1.807, 2.05) is 30.3 Å². The first-order chi connectivity index (χ1) is 14.1. The van der Waals surface area contributed by atoms with Gasteiger partial charge in [-0.15, -0.1) is 0 Å². The van der Waals surface area contributed by atoms with Gasteiger partial charge in [0.05, 0.1) is 7.11 Å². The quantitative estimate of drug-likeness (QED) is 0.334. The van der Waals surface area contributed by atoms with Crippen molar-refractivity contribution >= 4 is 36.5 Å². The molecular weight excluding hydrogens is 410 g/mol. The van der Waals surface area contributed by atoms with Gasteiger partial charge in [0, 0.05) is 12.2 Å². The molecule has 30 heavy (non-hydrogen) atoms. The Bertz CT molecular complexity index is 736. The van der Waals surface area contributed by atoms with Crippen LogP contribution in [0.1, 0.15) is 26.3 Å². The first kappa shape index (κ1) is 25.3. The summed E-state index contributed by atoms with van der Waals surface area (Å²) in [6.07, 6.45) is -0.523. The predicted molar refractivity (Wildman–Crippen MR) is 114 cm³/mol. The van der Waals surface area contributed by atoms with Crippen molar-refractivity contribution in [3.8, 4) is 0 Å². The number of carbonyl (C=O) groups is 4. The van der Waals surface area contributed by atoms with E-state index >= 15 is 0 Å². The van der Waals surface area contributed by atoms with E-state index in [4.69, 9.17) is 9.47 Å². The number of ether oxygens (including phenoxy) is 2. The Morgan fingerprint density at radius 2 is 1.67 bits per heavy atom. The number of methoxy groups -OCH3 is 1. The average molecular weight is 440 g/mol. The van der Waals surface area contributed by atoms with Crippen LogP contribution in [0.5, 0.6) is 0 Å². The highest BCUT2D eigenvalue weighted by Gasteiger charge is 2.27. The number of carbonyl (C=O) groups excluding carboxylic acids is 4. The molecule has 0 aliphatic heterocycles. The fraction of sp³-hybridized carbons (Fsp3) is 0.500. The van der Waals surface area contributed by atoms with E-state index in [1.165, 1.54) is 7.11 Å². The number of alkyl carbamates (subject to hydrolysis) is 1. The summed E-state index contributed by atoms with van der Waals surface area (Å²) < 4.78 is 9.80. The molecule has 9 nitrogen and oxygen atoms in total. The number of benzene rings is 1. The van der Waals surface area contributed by atoms with Crippen LogP contribution in [0, 0.1) is 0 Å². The molecule has 3 N–H and O–H groups in total. The third kappa shape index (κ3) is 9.64. The lowest BCUT2D eigenvalue weighted by molar-refractivity contribution is -0.145. The predicted octanol–water partition coefficient (Wildman–Crippen LogP) is 0.826. The molecule has 1 rings (SSSR count). The van der Waals surface area contributed by atoms with Crippen molar-refractivity contribution in [2.45, 2.75) is 44.9 Å². The van der Waals surface area contributed by atoms with Crippen molar-refractivity contribution in [2.75, 3.05) is 19.4 Å². The molecule has 0 spiro atoms. The van der Waals surface area contributed by atoms with Crippen molar-refractivity contribution in [1.82, 2.24) is 16.0 Å². The van der Waals surface area contributed by atoms with E-state index in [-0.39, 0.29) is 18.7 Å². The molecule has 0 saturated heterocycles. The molecule has 0 fully saturated rings. The summed E-state index contributed by atoms with van der Waals surface area (Å²) in [5.74, 6) is -1.82. The van der Waals surface area contributed by atoms with Crippen LogP contribution in [-0.4, -0.2) is 61.0 Å². The zero-order valence-electron chi connectivity index (χ0n) is 17.6. The summed E-state index contributed by atoms with van der Waals surface area (Å²) in [5.41, 5.74) is 0.136. The highest BCUT2D eigenvalue weighted by molar-refractivity contribution is 7.80. The van der Waals surface area contributed by atoms with Gasteiger partial charge in [-0.1, -0.05) is 30.3 Å². The number of hydrogen-bond donors (Lipinski definition) is 4. The lowest BCUT2D eigenvalue weighted by Gasteiger charge is -2.22. The Morgan fingerprint density at radius 3 is 2.20 bits per heavy atom. The van der Waals surface area contributed by atoms with E-state index in [2.05, 4.69) is 28.6 Å². The molecule has 166 valence electrons. The molecule has 0 aliphatic carbocycles. The number of amides is 3. The lowest BCUT2D eigenvalue weighted by atomic mass is 10.1. The van der Waals surface area contributed by atoms with E-state index in [9.17, 15) is 19.2 Å². The third-order valence-electron chi connectivity index (χ3n) is 3.71. The first-order valence-corrected chi connectivity index (χ1v) is 9.98. The fourth-order valence-corrected chi connectivity index (χ4v) is 2.62. The highest BCUT2D eigenvalue weighted by atomic mass is 32.1. The van der Waals surface area contributed by atoms with Crippen LogP contribution >= 0.6 is 12.6 Å². The maximum absolute atomic E-state index is 12.6. The van der Waals surface area contributed by atoms with E-state index in [1.54, 1.807) is 20.8 Å². The maximum atomic E-state index is 12.6. The number of rotatable bonds is 9. The molecule has 0 aliphatic rings. The number of thiol groups is 1. The number of esters is 1. The number of hydrogen-bond acceptors (Lipinski definition) is 7. The average Bonchev–Trinajstić information content (AvgIpc) is 2.68. The minimum atomic E-state index is -1.01. The van der Waals surface area contributed by atoms with E-state index in [0.29, 0.717) is 0 Å². The SMILES string of the molecule is COC(=O)[C@H](Cc1ccccc1)NC(=O)[C@H](CS)NC(=O)CNC(=O)OC(C)(C)C. The maximum Gasteiger partial charge on any atom is 0.408 e. The molecule has 10 heteroatoms. The van der Waals surface area contributed by atoms with Crippen LogP contribution in [0.2, 0.25) is 0 Å². The van der Waals surface area contributed by atoms with Gasteiger partial charge in [-0.3, -0.25) is 9.59 Å². The molecule has 1 aromatic carbocycles. The smallest absolute Gasteiger partial charge is 0.408 e. The topological polar surface area (TPSA) is 123 Å². The van der Waals surface area contributed by atoms with Crippen molar-refractivity contribution in [3.63, 3.8) is 0 Å². The molecular formula is C20H29N3O6S. The zero-order valence-corrected chi connectivity index (χ0v) is 18.5. The van der Waals surface area contributed by atoms with Crippen LogP contribution in [0.3, 0.4) is 0 Å². The Balaban J connectivity index is 2.65. The molecule has 3 amide bonds. The van der Waals surface area contributed by atoms with Gasteiger partial charge in [0.25, 0.3) is 0 Å². The van der Waals surface area contributed by atoms with Crippen LogP contribution in [-0.2, 0) is 30.3 Å². The third-order valence-corrected chi connectivity index (χ3v) is 4.08. The Morgan fingerprint density at radius 1 is 1.03 bits per heavy atom. The lowest BCUT2D eigenvalue weighted by Crippen LogP contribution is -2.54. The van der Waals surface area contributed by atoms with Gasteiger partial charge in [-0.05, 0) is 26.3 Å². The monoisotopic (exact) mass is 439 g/mol. The molecule has 0 aromatic heterocycles. The summed E-state index contributed by atoms with van der Waals surface area (Å²) >= 11 is 4.09.